The first-order chi connectivity index (χ1) is 18.3. The van der Waals surface area contributed by atoms with E-state index >= 15 is 0 Å². The lowest BCUT2D eigenvalue weighted by atomic mass is 9.65. The molecule has 0 aromatic heterocycles. The fraction of sp³-hybridized carbons (Fsp3) is 0.167. The second-order valence-electron chi connectivity index (χ2n) is 11.3. The molecule has 9 rings (SSSR count). The zero-order valence-corrected chi connectivity index (χ0v) is 21.0. The molecule has 37 heavy (non-hydrogen) atoms. The van der Waals surface area contributed by atoms with Gasteiger partial charge in [0.05, 0.1) is 5.69 Å². The molecule has 7 aromatic rings. The largest absolute Gasteiger partial charge is 0.344 e. The van der Waals surface area contributed by atoms with Crippen LogP contribution in [0.4, 0.5) is 11.4 Å². The van der Waals surface area contributed by atoms with Crippen molar-refractivity contribution in [2.45, 2.75) is 31.1 Å². The van der Waals surface area contributed by atoms with Gasteiger partial charge in [0.2, 0.25) is 0 Å². The van der Waals surface area contributed by atoms with Gasteiger partial charge in [0.25, 0.3) is 0 Å². The summed E-state index contributed by atoms with van der Waals surface area (Å²) in [5.41, 5.74) is 5.80. The summed E-state index contributed by atoms with van der Waals surface area (Å²) in [4.78, 5) is 2.42. The second kappa shape index (κ2) is 6.81. The van der Waals surface area contributed by atoms with Crippen LogP contribution in [0.2, 0.25) is 0 Å². The van der Waals surface area contributed by atoms with Crippen molar-refractivity contribution in [3.8, 4) is 0 Å². The van der Waals surface area contributed by atoms with E-state index in [1.807, 2.05) is 0 Å². The molecule has 0 N–H and O–H groups in total. The predicted octanol–water partition coefficient (Wildman–Crippen LogP) is 9.83. The zero-order valence-electron chi connectivity index (χ0n) is 21.0. The smallest absolute Gasteiger partial charge is 0.0568 e. The summed E-state index contributed by atoms with van der Waals surface area (Å²) in [7, 11) is 2.24. The predicted molar refractivity (Wildman–Crippen MR) is 159 cm³/mol. The van der Waals surface area contributed by atoms with Gasteiger partial charge in [0, 0.05) is 34.3 Å². The van der Waals surface area contributed by atoms with Crippen LogP contribution in [0.25, 0.3) is 53.9 Å². The fourth-order valence-electron chi connectivity index (χ4n) is 8.25. The van der Waals surface area contributed by atoms with Crippen LogP contribution in [0.3, 0.4) is 0 Å². The average Bonchev–Trinajstić information content (AvgIpc) is 3.44. The lowest BCUT2D eigenvalue weighted by molar-refractivity contribution is 0.544. The van der Waals surface area contributed by atoms with Crippen molar-refractivity contribution >= 4 is 65.2 Å². The highest BCUT2D eigenvalue weighted by Gasteiger charge is 2.43. The van der Waals surface area contributed by atoms with Crippen LogP contribution in [-0.2, 0) is 5.41 Å². The SMILES string of the molecule is CN(c1ccccc1)c1c2cccc3c2c2c4c(ccc5cccc(c6cccc1c62)c54)C31CCCC1. The number of benzene rings is 7. The molecule has 0 saturated heterocycles. The van der Waals surface area contributed by atoms with E-state index in [1.54, 1.807) is 11.1 Å². The molecule has 1 heteroatoms. The van der Waals surface area contributed by atoms with Gasteiger partial charge in [-0.1, -0.05) is 97.8 Å². The van der Waals surface area contributed by atoms with Crippen LogP contribution < -0.4 is 4.90 Å². The van der Waals surface area contributed by atoms with Crippen LogP contribution in [0.15, 0.2) is 97.1 Å². The van der Waals surface area contributed by atoms with Gasteiger partial charge in [-0.05, 0) is 73.8 Å². The number of nitrogens with zero attached hydrogens (tertiary/aromatic N) is 1. The van der Waals surface area contributed by atoms with E-state index in [9.17, 15) is 0 Å². The summed E-state index contributed by atoms with van der Waals surface area (Å²) in [6.45, 7) is 0. The molecule has 1 nitrogen and oxygen atoms in total. The molecule has 1 fully saturated rings. The third-order valence-electron chi connectivity index (χ3n) is 9.69. The topological polar surface area (TPSA) is 3.24 Å². The molecule has 1 spiro atoms. The van der Waals surface area contributed by atoms with Gasteiger partial charge >= 0.3 is 0 Å². The minimum atomic E-state index is 0.117. The van der Waals surface area contributed by atoms with Crippen molar-refractivity contribution in [3.63, 3.8) is 0 Å². The summed E-state index contributed by atoms with van der Waals surface area (Å²) in [5.74, 6) is 0. The number of hydrogen-bond acceptors (Lipinski definition) is 1. The van der Waals surface area contributed by atoms with Crippen molar-refractivity contribution in [2.24, 2.45) is 0 Å². The van der Waals surface area contributed by atoms with Gasteiger partial charge < -0.3 is 4.90 Å². The standard InChI is InChI=1S/C36H27N/c1-37(23-11-3-2-4-12-23)35-26-15-8-14-25-24-13-7-10-22-18-19-29-33(30(22)24)34(31(25)26)32-27(35)16-9-17-28(32)36(29)20-5-6-21-36/h2-4,7-19H,5-6,20-21H2,1H3. The summed E-state index contributed by atoms with van der Waals surface area (Å²) < 4.78 is 0. The first kappa shape index (κ1) is 20.0. The Hall–Kier alpha value is -4.10. The zero-order chi connectivity index (χ0) is 24.3. The van der Waals surface area contributed by atoms with Crippen molar-refractivity contribution in [1.82, 2.24) is 0 Å². The Kier molecular flexibility index (Phi) is 3.68. The maximum atomic E-state index is 2.48. The molecule has 0 bridgehead atoms. The van der Waals surface area contributed by atoms with E-state index in [2.05, 4.69) is 109 Å². The van der Waals surface area contributed by atoms with E-state index in [0.717, 1.165) is 0 Å². The van der Waals surface area contributed by atoms with Crippen LogP contribution >= 0.6 is 0 Å². The van der Waals surface area contributed by atoms with Crippen LogP contribution in [0.5, 0.6) is 0 Å². The van der Waals surface area contributed by atoms with E-state index in [4.69, 9.17) is 0 Å². The van der Waals surface area contributed by atoms with Gasteiger partial charge in [-0.15, -0.1) is 0 Å². The third-order valence-corrected chi connectivity index (χ3v) is 9.69. The van der Waals surface area contributed by atoms with Gasteiger partial charge in [0.1, 0.15) is 0 Å². The first-order valence-electron chi connectivity index (χ1n) is 13.7. The average molecular weight is 474 g/mol. The van der Waals surface area contributed by atoms with Crippen molar-refractivity contribution in [3.05, 3.63) is 108 Å². The van der Waals surface area contributed by atoms with Crippen LogP contribution in [0, 0.1) is 0 Å². The van der Waals surface area contributed by atoms with Gasteiger partial charge in [-0.25, -0.2) is 0 Å². The molecule has 0 aliphatic heterocycles. The maximum Gasteiger partial charge on any atom is 0.0568 e. The number of anilines is 2. The molecule has 2 aliphatic rings. The molecule has 7 aromatic carbocycles. The molecule has 1 saturated carbocycles. The minimum absolute atomic E-state index is 0.117. The fourth-order valence-corrected chi connectivity index (χ4v) is 8.25. The lowest BCUT2D eigenvalue weighted by Crippen LogP contribution is -2.27. The van der Waals surface area contributed by atoms with Crippen molar-refractivity contribution in [2.75, 3.05) is 11.9 Å². The highest BCUT2D eigenvalue weighted by atomic mass is 15.1. The van der Waals surface area contributed by atoms with Crippen molar-refractivity contribution in [1.29, 1.82) is 0 Å². The molecule has 176 valence electrons. The summed E-state index contributed by atoms with van der Waals surface area (Å²) in [6, 6.07) is 36.7. The van der Waals surface area contributed by atoms with Crippen LogP contribution in [-0.4, -0.2) is 7.05 Å². The molecule has 0 unspecified atom stereocenters. The van der Waals surface area contributed by atoms with E-state index in [-0.39, 0.29) is 5.41 Å². The number of hydrogen-bond donors (Lipinski definition) is 0. The highest BCUT2D eigenvalue weighted by molar-refractivity contribution is 6.42. The molecule has 2 aliphatic carbocycles. The van der Waals surface area contributed by atoms with Gasteiger partial charge in [0.15, 0.2) is 0 Å². The van der Waals surface area contributed by atoms with E-state index in [1.165, 1.54) is 90.9 Å². The Labute approximate surface area is 216 Å². The Bertz CT molecular complexity index is 2040. The highest BCUT2D eigenvalue weighted by Crippen LogP contribution is 2.59. The third kappa shape index (κ3) is 2.28. The lowest BCUT2D eigenvalue weighted by Gasteiger charge is -2.39. The molecule has 0 atom stereocenters. The van der Waals surface area contributed by atoms with Crippen molar-refractivity contribution < 1.29 is 0 Å². The molecule has 0 amide bonds. The second-order valence-corrected chi connectivity index (χ2v) is 11.3. The molecule has 0 heterocycles. The quantitative estimate of drug-likeness (QED) is 0.178. The number of rotatable bonds is 2. The van der Waals surface area contributed by atoms with E-state index < -0.39 is 0 Å². The Morgan fingerprint density at radius 1 is 0.514 bits per heavy atom. The van der Waals surface area contributed by atoms with Gasteiger partial charge in [-0.3, -0.25) is 0 Å². The summed E-state index contributed by atoms with van der Waals surface area (Å²) >= 11 is 0. The Morgan fingerprint density at radius 3 is 1.97 bits per heavy atom. The first-order valence-corrected chi connectivity index (χ1v) is 13.7. The van der Waals surface area contributed by atoms with Gasteiger partial charge in [-0.2, -0.15) is 0 Å². The Morgan fingerprint density at radius 2 is 1.16 bits per heavy atom. The Balaban J connectivity index is 1.62. The summed E-state index contributed by atoms with van der Waals surface area (Å²) in [6.07, 6.45) is 5.10. The number of para-hydroxylation sites is 1. The minimum Gasteiger partial charge on any atom is -0.344 e. The monoisotopic (exact) mass is 473 g/mol. The normalized spacial score (nSPS) is 16.0. The molecular formula is C36H27N. The summed E-state index contributed by atoms with van der Waals surface area (Å²) in [5, 5.41) is 14.3. The van der Waals surface area contributed by atoms with E-state index in [0.29, 0.717) is 0 Å². The molecule has 0 radical (unpaired) electrons. The molecular weight excluding hydrogens is 446 g/mol. The maximum absolute atomic E-state index is 2.48. The number of fused-ring (bicyclic) bond motifs is 3. The van der Waals surface area contributed by atoms with Crippen LogP contribution in [0.1, 0.15) is 36.8 Å².